The minimum absolute atomic E-state index is 0.0120. The van der Waals surface area contributed by atoms with E-state index in [1.54, 1.807) is 13.0 Å². The van der Waals surface area contributed by atoms with Crippen LogP contribution in [0.5, 0.6) is 0 Å². The van der Waals surface area contributed by atoms with Gasteiger partial charge in [0.25, 0.3) is 10.0 Å². The summed E-state index contributed by atoms with van der Waals surface area (Å²) in [6.07, 6.45) is 2.44. The van der Waals surface area contributed by atoms with Gasteiger partial charge in [-0.2, -0.15) is 5.26 Å². The molecule has 2 aromatic carbocycles. The van der Waals surface area contributed by atoms with E-state index in [1.165, 1.54) is 27.1 Å². The molecular weight excluding hydrogens is 474 g/mol. The van der Waals surface area contributed by atoms with Gasteiger partial charge >= 0.3 is 5.69 Å². The van der Waals surface area contributed by atoms with Gasteiger partial charge in [-0.05, 0) is 67.6 Å². The molecule has 0 amide bonds. The number of pyridine rings is 1. The number of nitriles is 1. The Morgan fingerprint density at radius 1 is 1.12 bits per heavy atom. The molecule has 4 aromatic rings. The van der Waals surface area contributed by atoms with E-state index in [0.717, 1.165) is 24.8 Å². The van der Waals surface area contributed by atoms with Crippen LogP contribution in [-0.2, 0) is 16.4 Å². The first kappa shape index (κ1) is 22.2. The van der Waals surface area contributed by atoms with Crippen LogP contribution in [0.2, 0.25) is 5.02 Å². The van der Waals surface area contributed by atoms with Gasteiger partial charge in [0.1, 0.15) is 11.8 Å². The molecule has 8 nitrogen and oxygen atoms in total. The Hall–Kier alpha value is -3.61. The molecule has 34 heavy (non-hydrogen) atoms. The summed E-state index contributed by atoms with van der Waals surface area (Å²) >= 11 is 6.44. The zero-order valence-electron chi connectivity index (χ0n) is 18.2. The van der Waals surface area contributed by atoms with Gasteiger partial charge in [0, 0.05) is 6.54 Å². The molecule has 0 fully saturated rings. The van der Waals surface area contributed by atoms with Crippen molar-refractivity contribution in [2.75, 3.05) is 10.8 Å². The maximum Gasteiger partial charge on any atom is 0.332 e. The summed E-state index contributed by atoms with van der Waals surface area (Å²) in [6.45, 7) is 2.11. The number of fused-ring (bicyclic) bond motifs is 2. The van der Waals surface area contributed by atoms with E-state index in [0.29, 0.717) is 23.3 Å². The third kappa shape index (κ3) is 3.56. The Kier molecular flexibility index (Phi) is 5.42. The molecule has 0 atom stereocenters. The first-order valence-corrected chi connectivity index (χ1v) is 12.6. The number of halogens is 1. The number of sulfonamides is 1. The molecule has 5 rings (SSSR count). The van der Waals surface area contributed by atoms with E-state index in [9.17, 15) is 18.5 Å². The zero-order valence-corrected chi connectivity index (χ0v) is 19.8. The number of nitrogens with zero attached hydrogens (tertiary/aromatic N) is 4. The van der Waals surface area contributed by atoms with Gasteiger partial charge in [-0.15, -0.1) is 0 Å². The molecule has 0 spiro atoms. The molecule has 10 heteroatoms. The van der Waals surface area contributed by atoms with Crippen LogP contribution in [0.3, 0.4) is 0 Å². The number of anilines is 1. The molecule has 0 bridgehead atoms. The SMILES string of the molecule is Cc1cc(C#N)nc2c1[nH]c(=O)n2-c1cc(S(=O)(=O)N2CCCCc3ccccc32)ccc1Cl. The van der Waals surface area contributed by atoms with Crippen LogP contribution >= 0.6 is 11.6 Å². The van der Waals surface area contributed by atoms with E-state index < -0.39 is 15.7 Å². The first-order chi connectivity index (χ1) is 16.3. The minimum Gasteiger partial charge on any atom is -0.304 e. The Morgan fingerprint density at radius 2 is 1.91 bits per heavy atom. The maximum atomic E-state index is 13.8. The fraction of sp³-hybridized carbons (Fsp3) is 0.208. The second-order valence-corrected chi connectivity index (χ2v) is 10.4. The van der Waals surface area contributed by atoms with Crippen LogP contribution in [0.1, 0.15) is 29.7 Å². The molecular formula is C24H20ClN5O3S. The van der Waals surface area contributed by atoms with Crippen molar-refractivity contribution in [3.8, 4) is 11.8 Å². The summed E-state index contributed by atoms with van der Waals surface area (Å²) in [5, 5.41) is 9.50. The topological polar surface area (TPSA) is 112 Å². The summed E-state index contributed by atoms with van der Waals surface area (Å²) in [7, 11) is -3.94. The second-order valence-electron chi connectivity index (χ2n) is 8.18. The minimum atomic E-state index is -3.94. The third-order valence-electron chi connectivity index (χ3n) is 6.02. The molecule has 0 aliphatic carbocycles. The lowest BCUT2D eigenvalue weighted by Crippen LogP contribution is -2.32. The number of aromatic nitrogens is 3. The van der Waals surface area contributed by atoms with Crippen LogP contribution in [0.15, 0.2) is 58.2 Å². The van der Waals surface area contributed by atoms with Gasteiger partial charge in [0.05, 0.1) is 26.8 Å². The molecule has 172 valence electrons. The highest BCUT2D eigenvalue weighted by Gasteiger charge is 2.29. The van der Waals surface area contributed by atoms with Crippen molar-refractivity contribution in [3.05, 3.63) is 80.9 Å². The highest BCUT2D eigenvalue weighted by molar-refractivity contribution is 7.92. The van der Waals surface area contributed by atoms with Gasteiger partial charge in [-0.1, -0.05) is 29.8 Å². The molecule has 3 heterocycles. The van der Waals surface area contributed by atoms with Crippen molar-refractivity contribution in [2.24, 2.45) is 0 Å². The van der Waals surface area contributed by atoms with Gasteiger partial charge in [0.2, 0.25) is 0 Å². The van der Waals surface area contributed by atoms with Crippen LogP contribution < -0.4 is 9.99 Å². The van der Waals surface area contributed by atoms with Crippen molar-refractivity contribution in [1.29, 1.82) is 5.26 Å². The average molecular weight is 494 g/mol. The van der Waals surface area contributed by atoms with E-state index in [-0.39, 0.29) is 26.9 Å². The van der Waals surface area contributed by atoms with Crippen LogP contribution in [0, 0.1) is 18.3 Å². The number of para-hydroxylation sites is 1. The van der Waals surface area contributed by atoms with Crippen LogP contribution in [0.4, 0.5) is 5.69 Å². The molecule has 0 unspecified atom stereocenters. The lowest BCUT2D eigenvalue weighted by Gasteiger charge is -2.25. The number of benzene rings is 2. The van der Waals surface area contributed by atoms with E-state index in [4.69, 9.17) is 11.6 Å². The maximum absolute atomic E-state index is 13.8. The van der Waals surface area contributed by atoms with E-state index in [2.05, 4.69) is 9.97 Å². The van der Waals surface area contributed by atoms with Gasteiger partial charge < -0.3 is 4.98 Å². The van der Waals surface area contributed by atoms with Crippen LogP contribution in [-0.4, -0.2) is 29.5 Å². The Balaban J connectivity index is 1.70. The number of H-pyrrole nitrogens is 1. The molecule has 1 aliphatic heterocycles. The summed E-state index contributed by atoms with van der Waals surface area (Å²) in [5.41, 5.74) is 2.75. The summed E-state index contributed by atoms with van der Waals surface area (Å²) in [5.74, 6) is 0. The van der Waals surface area contributed by atoms with Crippen molar-refractivity contribution >= 4 is 38.5 Å². The normalized spacial score (nSPS) is 14.0. The number of rotatable bonds is 3. The van der Waals surface area contributed by atoms with Crippen molar-refractivity contribution in [2.45, 2.75) is 31.1 Å². The Morgan fingerprint density at radius 3 is 2.71 bits per heavy atom. The predicted octanol–water partition coefficient (Wildman–Crippen LogP) is 4.08. The van der Waals surface area contributed by atoms with Gasteiger partial charge in [-0.3, -0.25) is 4.31 Å². The standard InChI is InChI=1S/C24H20ClN5O3S/c1-15-12-17(14-26)27-23-22(15)28-24(31)30(23)21-13-18(9-10-19(21)25)34(32,33)29-11-5-4-7-16-6-2-3-8-20(16)29/h2-3,6,8-10,12-13H,4-5,7,11H2,1H3,(H,28,31). The molecule has 0 radical (unpaired) electrons. The monoisotopic (exact) mass is 493 g/mol. The number of aryl methyl sites for hydroxylation is 2. The lowest BCUT2D eigenvalue weighted by molar-refractivity contribution is 0.589. The van der Waals surface area contributed by atoms with Gasteiger partial charge in [0.15, 0.2) is 5.65 Å². The first-order valence-electron chi connectivity index (χ1n) is 10.7. The predicted molar refractivity (Wildman–Crippen MR) is 130 cm³/mol. The number of nitrogens with one attached hydrogen (secondary N) is 1. The average Bonchev–Trinajstić information content (AvgIpc) is 3.00. The highest BCUT2D eigenvalue weighted by Crippen LogP contribution is 2.33. The second kappa shape index (κ2) is 8.31. The Bertz CT molecular complexity index is 1650. The number of aromatic amines is 1. The van der Waals surface area contributed by atoms with E-state index >= 15 is 0 Å². The van der Waals surface area contributed by atoms with Crippen molar-refractivity contribution in [1.82, 2.24) is 14.5 Å². The van der Waals surface area contributed by atoms with Crippen LogP contribution in [0.25, 0.3) is 16.9 Å². The fourth-order valence-corrected chi connectivity index (χ4v) is 6.13. The number of imidazole rings is 1. The lowest BCUT2D eigenvalue weighted by atomic mass is 10.1. The van der Waals surface area contributed by atoms with Gasteiger partial charge in [-0.25, -0.2) is 22.8 Å². The summed E-state index contributed by atoms with van der Waals surface area (Å²) in [4.78, 5) is 19.9. The smallest absolute Gasteiger partial charge is 0.304 e. The molecule has 2 aromatic heterocycles. The zero-order chi connectivity index (χ0) is 24.0. The summed E-state index contributed by atoms with van der Waals surface area (Å²) in [6, 6.07) is 15.3. The summed E-state index contributed by atoms with van der Waals surface area (Å²) < 4.78 is 30.2. The molecule has 1 N–H and O–H groups in total. The fourth-order valence-electron chi connectivity index (χ4n) is 4.37. The largest absolute Gasteiger partial charge is 0.332 e. The van der Waals surface area contributed by atoms with Crippen molar-refractivity contribution in [3.63, 3.8) is 0 Å². The molecule has 0 saturated heterocycles. The Labute approximate surface area is 201 Å². The highest BCUT2D eigenvalue weighted by atomic mass is 35.5. The third-order valence-corrected chi connectivity index (χ3v) is 8.15. The quantitative estimate of drug-likeness (QED) is 0.462. The number of hydrogen-bond donors (Lipinski definition) is 1. The van der Waals surface area contributed by atoms with Crippen molar-refractivity contribution < 1.29 is 8.42 Å². The number of hydrogen-bond acceptors (Lipinski definition) is 5. The molecule has 1 aliphatic rings. The van der Waals surface area contributed by atoms with E-state index in [1.807, 2.05) is 30.3 Å². The molecule has 0 saturated carbocycles.